The summed E-state index contributed by atoms with van der Waals surface area (Å²) < 4.78 is 4.77. The van der Waals surface area contributed by atoms with Gasteiger partial charge in [0.2, 0.25) is 0 Å². The first kappa shape index (κ1) is 17.1. The van der Waals surface area contributed by atoms with Crippen LogP contribution in [0.4, 0.5) is 0 Å². The third kappa shape index (κ3) is 9.12. The van der Waals surface area contributed by atoms with Crippen molar-refractivity contribution in [3.63, 3.8) is 0 Å². The second kappa shape index (κ2) is 12.5. The molecule has 0 N–H and O–H groups in total. The van der Waals surface area contributed by atoms with Crippen molar-refractivity contribution in [2.45, 2.75) is 52.4 Å². The van der Waals surface area contributed by atoms with E-state index in [0.717, 1.165) is 12.2 Å². The third-order valence-electron chi connectivity index (χ3n) is 2.43. The molecule has 0 unspecified atom stereocenters. The lowest BCUT2D eigenvalue weighted by Crippen LogP contribution is -2.05. The van der Waals surface area contributed by atoms with Crippen molar-refractivity contribution in [3.8, 4) is 6.07 Å². The van der Waals surface area contributed by atoms with Gasteiger partial charge in [-0.25, -0.2) is 4.79 Å². The zero-order valence-electron chi connectivity index (χ0n) is 11.4. The standard InChI is InChI=1S/C14H23NO2S/c1-3-5-6-7-8-9-10-18-12-13(11-15)14(16)17-4-2/h12H,3-10H2,1-2H3/b13-12-. The van der Waals surface area contributed by atoms with E-state index in [1.807, 2.05) is 6.07 Å². The van der Waals surface area contributed by atoms with E-state index in [-0.39, 0.29) is 5.57 Å². The molecule has 18 heavy (non-hydrogen) atoms. The van der Waals surface area contributed by atoms with Gasteiger partial charge in [0.1, 0.15) is 11.6 Å². The van der Waals surface area contributed by atoms with E-state index in [9.17, 15) is 4.79 Å². The molecule has 0 aromatic heterocycles. The van der Waals surface area contributed by atoms with Gasteiger partial charge in [-0.15, -0.1) is 11.8 Å². The highest BCUT2D eigenvalue weighted by atomic mass is 32.2. The molecule has 4 heteroatoms. The Kier molecular flexibility index (Phi) is 11.8. The Morgan fingerprint density at radius 1 is 1.22 bits per heavy atom. The summed E-state index contributed by atoms with van der Waals surface area (Å²) in [5.74, 6) is 0.437. The van der Waals surface area contributed by atoms with E-state index in [1.54, 1.807) is 12.3 Å². The molecular weight excluding hydrogens is 246 g/mol. The Bertz CT molecular complexity index is 295. The van der Waals surface area contributed by atoms with Crippen molar-refractivity contribution in [2.24, 2.45) is 0 Å². The highest BCUT2D eigenvalue weighted by molar-refractivity contribution is 8.02. The van der Waals surface area contributed by atoms with Crippen LogP contribution in [0.5, 0.6) is 0 Å². The van der Waals surface area contributed by atoms with Crippen LogP contribution in [-0.4, -0.2) is 18.3 Å². The molecule has 0 aliphatic rings. The molecule has 0 rings (SSSR count). The van der Waals surface area contributed by atoms with E-state index in [1.165, 1.54) is 43.9 Å². The molecule has 0 aromatic rings. The van der Waals surface area contributed by atoms with Crippen LogP contribution in [0.3, 0.4) is 0 Å². The normalized spacial score (nSPS) is 11.1. The lowest BCUT2D eigenvalue weighted by molar-refractivity contribution is -0.137. The summed E-state index contributed by atoms with van der Waals surface area (Å²) >= 11 is 1.52. The lowest BCUT2D eigenvalue weighted by atomic mass is 10.1. The SMILES string of the molecule is CCCCCCCCS/C=C(/C#N)C(=O)OCC. The van der Waals surface area contributed by atoms with Crippen LogP contribution in [-0.2, 0) is 9.53 Å². The molecular formula is C14H23NO2S. The van der Waals surface area contributed by atoms with Gasteiger partial charge < -0.3 is 4.74 Å². The topological polar surface area (TPSA) is 50.1 Å². The number of carbonyl (C=O) groups is 1. The first-order chi connectivity index (χ1) is 8.76. The van der Waals surface area contributed by atoms with E-state index in [0.29, 0.717) is 6.61 Å². The van der Waals surface area contributed by atoms with Crippen LogP contribution in [0.25, 0.3) is 0 Å². The van der Waals surface area contributed by atoms with Gasteiger partial charge in [0, 0.05) is 0 Å². The molecule has 0 radical (unpaired) electrons. The lowest BCUT2D eigenvalue weighted by Gasteiger charge is -2.00. The van der Waals surface area contributed by atoms with E-state index in [4.69, 9.17) is 10.00 Å². The number of nitriles is 1. The molecule has 0 bridgehead atoms. The molecule has 0 aromatic carbocycles. The molecule has 0 saturated heterocycles. The number of carbonyl (C=O) groups excluding carboxylic acids is 1. The Labute approximate surface area is 115 Å². The van der Waals surface area contributed by atoms with Crippen LogP contribution in [0, 0.1) is 11.3 Å². The van der Waals surface area contributed by atoms with Crippen molar-refractivity contribution >= 4 is 17.7 Å². The number of esters is 1. The monoisotopic (exact) mass is 269 g/mol. The Hall–Kier alpha value is -0.950. The highest BCUT2D eigenvalue weighted by Gasteiger charge is 2.08. The summed E-state index contributed by atoms with van der Waals surface area (Å²) in [5.41, 5.74) is 0.104. The van der Waals surface area contributed by atoms with Crippen LogP contribution >= 0.6 is 11.8 Å². The molecule has 0 saturated carbocycles. The number of unbranched alkanes of at least 4 members (excludes halogenated alkanes) is 5. The fourth-order valence-corrected chi connectivity index (χ4v) is 2.24. The van der Waals surface area contributed by atoms with E-state index < -0.39 is 5.97 Å². The van der Waals surface area contributed by atoms with Crippen LogP contribution < -0.4 is 0 Å². The van der Waals surface area contributed by atoms with Crippen LogP contribution in [0.1, 0.15) is 52.4 Å². The maximum Gasteiger partial charge on any atom is 0.349 e. The quantitative estimate of drug-likeness (QED) is 0.260. The zero-order chi connectivity index (χ0) is 13.6. The summed E-state index contributed by atoms with van der Waals surface area (Å²) in [6.45, 7) is 4.25. The molecule has 0 aliphatic carbocycles. The van der Waals surface area contributed by atoms with Crippen molar-refractivity contribution in [3.05, 3.63) is 11.0 Å². The van der Waals surface area contributed by atoms with E-state index >= 15 is 0 Å². The first-order valence-electron chi connectivity index (χ1n) is 6.65. The number of hydrogen-bond acceptors (Lipinski definition) is 4. The minimum absolute atomic E-state index is 0.104. The summed E-state index contributed by atoms with van der Waals surface area (Å²) in [5, 5.41) is 10.4. The maximum absolute atomic E-state index is 11.3. The molecule has 102 valence electrons. The van der Waals surface area contributed by atoms with Crippen LogP contribution in [0.15, 0.2) is 11.0 Å². The van der Waals surface area contributed by atoms with Gasteiger partial charge in [-0.3, -0.25) is 0 Å². The van der Waals surface area contributed by atoms with Crippen LogP contribution in [0.2, 0.25) is 0 Å². The zero-order valence-corrected chi connectivity index (χ0v) is 12.2. The van der Waals surface area contributed by atoms with Gasteiger partial charge in [0.15, 0.2) is 0 Å². The van der Waals surface area contributed by atoms with Gasteiger partial charge in [0.25, 0.3) is 0 Å². The maximum atomic E-state index is 11.3. The van der Waals surface area contributed by atoms with Gasteiger partial charge >= 0.3 is 5.97 Å². The average Bonchev–Trinajstić information content (AvgIpc) is 2.37. The minimum atomic E-state index is -0.518. The molecule has 0 amide bonds. The number of ether oxygens (including phenoxy) is 1. The molecule has 0 fully saturated rings. The largest absolute Gasteiger partial charge is 0.462 e. The Balaban J connectivity index is 3.66. The summed E-state index contributed by atoms with van der Waals surface area (Å²) in [6.07, 6.45) is 7.52. The number of rotatable bonds is 10. The van der Waals surface area contributed by atoms with Gasteiger partial charge in [-0.05, 0) is 24.5 Å². The Morgan fingerprint density at radius 3 is 2.50 bits per heavy atom. The third-order valence-corrected chi connectivity index (χ3v) is 3.36. The fourth-order valence-electron chi connectivity index (χ4n) is 1.44. The first-order valence-corrected chi connectivity index (χ1v) is 7.70. The molecule has 0 atom stereocenters. The summed E-state index contributed by atoms with van der Waals surface area (Å²) in [7, 11) is 0. The van der Waals surface area contributed by atoms with Gasteiger partial charge in [-0.2, -0.15) is 5.26 Å². The molecule has 0 aliphatic heterocycles. The van der Waals surface area contributed by atoms with Crippen molar-refractivity contribution < 1.29 is 9.53 Å². The smallest absolute Gasteiger partial charge is 0.349 e. The number of nitrogens with zero attached hydrogens (tertiary/aromatic N) is 1. The number of hydrogen-bond donors (Lipinski definition) is 0. The second-order valence-corrected chi connectivity index (χ2v) is 4.98. The van der Waals surface area contributed by atoms with Crippen molar-refractivity contribution in [2.75, 3.05) is 12.4 Å². The summed E-state index contributed by atoms with van der Waals surface area (Å²) in [4.78, 5) is 11.3. The molecule has 3 nitrogen and oxygen atoms in total. The van der Waals surface area contributed by atoms with E-state index in [2.05, 4.69) is 6.92 Å². The second-order valence-electron chi connectivity index (χ2n) is 4.00. The number of thioether (sulfide) groups is 1. The fraction of sp³-hybridized carbons (Fsp3) is 0.714. The summed E-state index contributed by atoms with van der Waals surface area (Å²) in [6, 6.07) is 1.87. The average molecular weight is 269 g/mol. The molecule has 0 heterocycles. The minimum Gasteiger partial charge on any atom is -0.462 e. The molecule has 0 spiro atoms. The van der Waals surface area contributed by atoms with Crippen molar-refractivity contribution in [1.29, 1.82) is 5.26 Å². The van der Waals surface area contributed by atoms with Crippen molar-refractivity contribution in [1.82, 2.24) is 0 Å². The highest BCUT2D eigenvalue weighted by Crippen LogP contribution is 2.13. The van der Waals surface area contributed by atoms with Gasteiger partial charge in [-0.1, -0.05) is 39.0 Å². The predicted molar refractivity (Wildman–Crippen MR) is 76.2 cm³/mol. The Morgan fingerprint density at radius 2 is 1.89 bits per heavy atom. The van der Waals surface area contributed by atoms with Gasteiger partial charge in [0.05, 0.1) is 6.61 Å². The predicted octanol–water partition coefficient (Wildman–Crippen LogP) is 4.05.